The van der Waals surface area contributed by atoms with E-state index in [4.69, 9.17) is 21.7 Å². The fourth-order valence-corrected chi connectivity index (χ4v) is 5.70. The number of rotatable bonds is 11. The Morgan fingerprint density at radius 3 is 2.73 bits per heavy atom. The van der Waals surface area contributed by atoms with Crippen molar-refractivity contribution < 1.29 is 14.6 Å². The van der Waals surface area contributed by atoms with Gasteiger partial charge in [-0.15, -0.1) is 0 Å². The molecule has 0 radical (unpaired) electrons. The van der Waals surface area contributed by atoms with E-state index >= 15 is 0 Å². The van der Waals surface area contributed by atoms with Crippen LogP contribution in [0.25, 0.3) is 0 Å². The molecule has 1 aliphatic heterocycles. The second-order valence-electron chi connectivity index (χ2n) is 10.7. The number of piperidine rings is 1. The van der Waals surface area contributed by atoms with E-state index in [1.54, 1.807) is 13.2 Å². The molecule has 2 saturated carbocycles. The molecule has 0 aromatic heterocycles. The molecule has 0 spiro atoms. The van der Waals surface area contributed by atoms with Crippen LogP contribution in [0.15, 0.2) is 47.4 Å². The third-order valence-electron chi connectivity index (χ3n) is 7.77. The fraction of sp³-hybridized carbons (Fsp3) is 0.571. The van der Waals surface area contributed by atoms with Crippen molar-refractivity contribution in [3.63, 3.8) is 0 Å². The lowest BCUT2D eigenvalue weighted by atomic mass is 9.90. The predicted molar refractivity (Wildman–Crippen MR) is 147 cm³/mol. The summed E-state index contributed by atoms with van der Waals surface area (Å²) in [5, 5.41) is 22.2. The minimum absolute atomic E-state index is 0.0184. The van der Waals surface area contributed by atoms with Gasteiger partial charge in [0.2, 0.25) is 0 Å². The van der Waals surface area contributed by atoms with E-state index < -0.39 is 5.97 Å². The number of nitrogens with two attached hydrogens (primary N) is 2. The zero-order valence-electron chi connectivity index (χ0n) is 21.9. The van der Waals surface area contributed by atoms with E-state index in [9.17, 15) is 9.90 Å². The van der Waals surface area contributed by atoms with E-state index in [-0.39, 0.29) is 23.5 Å². The molecule has 4 rings (SSSR count). The van der Waals surface area contributed by atoms with Crippen LogP contribution in [0.5, 0.6) is 0 Å². The average molecular weight is 511 g/mol. The van der Waals surface area contributed by atoms with Gasteiger partial charge in [-0.1, -0.05) is 25.3 Å². The van der Waals surface area contributed by atoms with Gasteiger partial charge in [0.05, 0.1) is 11.7 Å². The largest absolute Gasteiger partial charge is 0.478 e. The molecule has 9 nitrogen and oxygen atoms in total. The van der Waals surface area contributed by atoms with Crippen molar-refractivity contribution >= 4 is 23.6 Å². The number of carboxylic acid groups (broad SMARTS) is 1. The molecule has 202 valence electrons. The Morgan fingerprint density at radius 1 is 1.24 bits per heavy atom. The van der Waals surface area contributed by atoms with Crippen LogP contribution in [0.4, 0.5) is 11.4 Å². The zero-order valence-corrected chi connectivity index (χ0v) is 21.9. The smallest absolute Gasteiger partial charge is 0.339 e. The standard InChI is InChI=1S/C28H42N6O3/c1-33(31)17-26(30)23-14-24(23)27(25(15-29)28(35)36)32-20-9-5-10-21(13-20)34-12-6-11-22(16-34)37-18-19-7-3-2-4-8-19/h5,9-10,13,15,17,19,22-24,29,32H,2-4,6-8,11-12,14,16,18,30-31H2,1H3,(H,35,36)/b26-17-,27-25+,29-15?. The maximum absolute atomic E-state index is 11.9. The summed E-state index contributed by atoms with van der Waals surface area (Å²) in [7, 11) is 1.69. The molecule has 3 unspecified atom stereocenters. The van der Waals surface area contributed by atoms with E-state index in [1.807, 2.05) is 12.1 Å². The molecule has 1 aromatic carbocycles. The summed E-state index contributed by atoms with van der Waals surface area (Å²) < 4.78 is 6.36. The molecule has 0 amide bonds. The highest BCUT2D eigenvalue weighted by Crippen LogP contribution is 2.48. The molecule has 3 aliphatic rings. The first kappa shape index (κ1) is 27.0. The molecule has 0 bridgehead atoms. The molecule has 2 aliphatic carbocycles. The Bertz CT molecular complexity index is 1020. The Labute approximate surface area is 220 Å². The van der Waals surface area contributed by atoms with Crippen LogP contribution in [-0.4, -0.2) is 55.1 Å². The van der Waals surface area contributed by atoms with Crippen molar-refractivity contribution in [1.29, 1.82) is 5.41 Å². The summed E-state index contributed by atoms with van der Waals surface area (Å²) >= 11 is 0. The minimum Gasteiger partial charge on any atom is -0.478 e. The fourth-order valence-electron chi connectivity index (χ4n) is 5.70. The van der Waals surface area contributed by atoms with Crippen molar-refractivity contribution in [2.75, 3.05) is 37.0 Å². The Morgan fingerprint density at radius 2 is 2.03 bits per heavy atom. The first-order valence-electron chi connectivity index (χ1n) is 13.5. The molecular formula is C28H42N6O3. The van der Waals surface area contributed by atoms with Crippen molar-refractivity contribution in [1.82, 2.24) is 5.01 Å². The normalized spacial score (nSPS) is 25.3. The Balaban J connectivity index is 1.45. The quantitative estimate of drug-likeness (QED) is 0.131. The van der Waals surface area contributed by atoms with Gasteiger partial charge >= 0.3 is 5.97 Å². The molecule has 37 heavy (non-hydrogen) atoms. The van der Waals surface area contributed by atoms with E-state index in [0.29, 0.717) is 23.7 Å². The third-order valence-corrected chi connectivity index (χ3v) is 7.77. The SMILES string of the molecule is CN(N)/C=C(\N)C1CC1/C(Nc1cccc(N2CCCC(OCC3CCCCC3)C2)c1)=C(/C=N)C(=O)O. The lowest BCUT2D eigenvalue weighted by Crippen LogP contribution is -2.40. The summed E-state index contributed by atoms with van der Waals surface area (Å²) in [6, 6.07) is 8.05. The topological polar surface area (TPSA) is 141 Å². The third kappa shape index (κ3) is 7.26. The summed E-state index contributed by atoms with van der Waals surface area (Å²) in [5.74, 6) is 5.14. The molecular weight excluding hydrogens is 468 g/mol. The van der Waals surface area contributed by atoms with Gasteiger partial charge < -0.3 is 36.2 Å². The van der Waals surface area contributed by atoms with Crippen LogP contribution < -0.4 is 21.8 Å². The lowest BCUT2D eigenvalue weighted by Gasteiger charge is -2.35. The Kier molecular flexibility index (Phi) is 9.10. The Hall–Kier alpha value is -3.04. The molecule has 9 heteroatoms. The van der Waals surface area contributed by atoms with Gasteiger partial charge in [0.25, 0.3) is 0 Å². The first-order chi connectivity index (χ1) is 17.9. The van der Waals surface area contributed by atoms with E-state index in [2.05, 4.69) is 22.3 Å². The van der Waals surface area contributed by atoms with E-state index in [0.717, 1.165) is 50.1 Å². The summed E-state index contributed by atoms with van der Waals surface area (Å²) in [5.41, 5.74) is 9.12. The predicted octanol–water partition coefficient (Wildman–Crippen LogP) is 3.89. The minimum atomic E-state index is -1.13. The molecule has 3 atom stereocenters. The van der Waals surface area contributed by atoms with Crippen molar-refractivity contribution in [2.45, 2.75) is 57.5 Å². The molecule has 7 N–H and O–H groups in total. The molecule has 1 saturated heterocycles. The van der Waals surface area contributed by atoms with Gasteiger partial charge in [-0.3, -0.25) is 0 Å². The number of hydrogen-bond donors (Lipinski definition) is 5. The van der Waals surface area contributed by atoms with Gasteiger partial charge in [0.1, 0.15) is 0 Å². The van der Waals surface area contributed by atoms with Gasteiger partial charge in [0, 0.05) is 73.8 Å². The number of hydrogen-bond acceptors (Lipinski definition) is 8. The number of anilines is 2. The number of ether oxygens (including phenoxy) is 1. The summed E-state index contributed by atoms with van der Waals surface area (Å²) in [4.78, 5) is 14.3. The summed E-state index contributed by atoms with van der Waals surface area (Å²) in [6.07, 6.45) is 12.3. The zero-order chi connectivity index (χ0) is 26.4. The van der Waals surface area contributed by atoms with Crippen LogP contribution >= 0.6 is 0 Å². The highest BCUT2D eigenvalue weighted by molar-refractivity contribution is 6.09. The lowest BCUT2D eigenvalue weighted by molar-refractivity contribution is -0.132. The van der Waals surface area contributed by atoms with Crippen LogP contribution in [0, 0.1) is 23.2 Å². The van der Waals surface area contributed by atoms with Crippen molar-refractivity contribution in [3.8, 4) is 0 Å². The van der Waals surface area contributed by atoms with E-state index in [1.165, 1.54) is 37.1 Å². The number of hydrazine groups is 1. The number of allylic oxidation sites excluding steroid dienone is 2. The van der Waals surface area contributed by atoms with Crippen molar-refractivity contribution in [3.05, 3.63) is 47.4 Å². The molecule has 1 heterocycles. The van der Waals surface area contributed by atoms with Crippen LogP contribution in [0.3, 0.4) is 0 Å². The summed E-state index contributed by atoms with van der Waals surface area (Å²) in [6.45, 7) is 2.70. The number of nitrogens with zero attached hydrogens (tertiary/aromatic N) is 2. The second-order valence-corrected chi connectivity index (χ2v) is 10.7. The van der Waals surface area contributed by atoms with Crippen LogP contribution in [-0.2, 0) is 9.53 Å². The number of aliphatic carboxylic acids is 1. The molecule has 1 aromatic rings. The first-order valence-corrected chi connectivity index (χ1v) is 13.5. The van der Waals surface area contributed by atoms with Gasteiger partial charge in [-0.25, -0.2) is 10.6 Å². The highest BCUT2D eigenvalue weighted by Gasteiger charge is 2.44. The van der Waals surface area contributed by atoms with Crippen LogP contribution in [0.2, 0.25) is 0 Å². The van der Waals surface area contributed by atoms with Gasteiger partial charge in [-0.2, -0.15) is 0 Å². The number of nitrogens with one attached hydrogen (secondary N) is 2. The van der Waals surface area contributed by atoms with Gasteiger partial charge in [-0.05, 0) is 56.2 Å². The molecule has 3 fully saturated rings. The highest BCUT2D eigenvalue weighted by atomic mass is 16.5. The number of carbonyl (C=O) groups is 1. The second kappa shape index (κ2) is 12.5. The van der Waals surface area contributed by atoms with Gasteiger partial charge in [0.15, 0.2) is 0 Å². The number of benzene rings is 1. The average Bonchev–Trinajstić information content (AvgIpc) is 3.69. The number of carboxylic acids is 1. The maximum Gasteiger partial charge on any atom is 0.339 e. The van der Waals surface area contributed by atoms with Crippen molar-refractivity contribution in [2.24, 2.45) is 29.3 Å². The maximum atomic E-state index is 11.9. The monoisotopic (exact) mass is 510 g/mol. The van der Waals surface area contributed by atoms with Crippen LogP contribution in [0.1, 0.15) is 51.4 Å².